The summed E-state index contributed by atoms with van der Waals surface area (Å²) in [6.07, 6.45) is 1.53. The summed E-state index contributed by atoms with van der Waals surface area (Å²) in [4.78, 5) is 4.56. The molecule has 2 heterocycles. The van der Waals surface area contributed by atoms with Gasteiger partial charge in [0, 0.05) is 31.7 Å². The molecule has 1 aromatic rings. The maximum absolute atomic E-state index is 11.9. The molecule has 0 saturated carbocycles. The minimum absolute atomic E-state index is 0. The highest BCUT2D eigenvalue weighted by Crippen LogP contribution is 2.16. The first-order chi connectivity index (χ1) is 12.4. The Morgan fingerprint density at radius 3 is 2.56 bits per heavy atom. The molecule has 1 aliphatic rings. The topological polar surface area (TPSA) is 99.8 Å². The Balaban J connectivity index is 0.00000364. The third-order valence-corrected chi connectivity index (χ3v) is 6.34. The normalized spacial score (nSPS) is 17.0. The van der Waals surface area contributed by atoms with E-state index in [0.29, 0.717) is 31.5 Å². The molecule has 10 heteroatoms. The maximum Gasteiger partial charge on any atom is 0.213 e. The first kappa shape index (κ1) is 24.2. The van der Waals surface area contributed by atoms with Crippen molar-refractivity contribution in [1.29, 1.82) is 0 Å². The summed E-state index contributed by atoms with van der Waals surface area (Å²) in [6, 6.07) is 2.14. The van der Waals surface area contributed by atoms with Gasteiger partial charge in [-0.3, -0.25) is 0 Å². The van der Waals surface area contributed by atoms with E-state index in [-0.39, 0.29) is 35.8 Å². The second-order valence-corrected chi connectivity index (χ2v) is 9.04. The zero-order valence-electron chi connectivity index (χ0n) is 16.6. The van der Waals surface area contributed by atoms with Crippen LogP contribution in [0.4, 0.5) is 0 Å². The van der Waals surface area contributed by atoms with Gasteiger partial charge in [0.1, 0.15) is 6.54 Å². The molecule has 1 aromatic heterocycles. The van der Waals surface area contributed by atoms with Crippen LogP contribution in [0.1, 0.15) is 57.9 Å². The molecule has 0 unspecified atom stereocenters. The van der Waals surface area contributed by atoms with Crippen molar-refractivity contribution >= 4 is 40.0 Å². The number of hydrogen-bond donors (Lipinski definition) is 2. The van der Waals surface area contributed by atoms with Crippen LogP contribution in [-0.2, 0) is 16.6 Å². The lowest BCUT2D eigenvalue weighted by Crippen LogP contribution is -2.50. The third-order valence-electron chi connectivity index (χ3n) is 4.46. The Kier molecular flexibility index (Phi) is 10.0. The molecule has 0 radical (unpaired) electrons. The smallest absolute Gasteiger partial charge is 0.213 e. The second kappa shape index (κ2) is 11.2. The molecule has 0 aliphatic carbocycles. The van der Waals surface area contributed by atoms with Gasteiger partial charge in [0.2, 0.25) is 10.0 Å². The minimum atomic E-state index is -3.09. The molecule has 0 atom stereocenters. The van der Waals surface area contributed by atoms with Crippen molar-refractivity contribution < 1.29 is 12.9 Å². The van der Waals surface area contributed by atoms with Gasteiger partial charge in [-0.1, -0.05) is 19.0 Å². The summed E-state index contributed by atoms with van der Waals surface area (Å²) in [6.45, 7) is 10.1. The van der Waals surface area contributed by atoms with E-state index in [9.17, 15) is 8.42 Å². The number of hydrogen-bond acceptors (Lipinski definition) is 5. The van der Waals surface area contributed by atoms with Gasteiger partial charge >= 0.3 is 0 Å². The van der Waals surface area contributed by atoms with Crippen LogP contribution in [-0.4, -0.2) is 55.3 Å². The van der Waals surface area contributed by atoms with Crippen LogP contribution < -0.4 is 10.6 Å². The molecule has 1 aliphatic heterocycles. The molecular weight excluding hydrogens is 481 g/mol. The van der Waals surface area contributed by atoms with E-state index in [2.05, 4.69) is 34.6 Å². The molecule has 156 valence electrons. The standard InChI is InChI=1S/C17H31N5O3S.HI/c1-5-18-17(19-12-15-11-16(13(3)4)21-25-15)20-14-7-9-22(10-8-14)26(23,24)6-2;/h11,13-14H,5-10,12H2,1-4H3,(H2,18,19,20);1H. The fraction of sp³-hybridized carbons (Fsp3) is 0.765. The second-order valence-electron chi connectivity index (χ2n) is 6.79. The van der Waals surface area contributed by atoms with E-state index in [0.717, 1.165) is 30.8 Å². The molecule has 0 spiro atoms. The van der Waals surface area contributed by atoms with Gasteiger partial charge in [-0.2, -0.15) is 0 Å². The third kappa shape index (κ3) is 7.22. The summed E-state index contributed by atoms with van der Waals surface area (Å²) in [5.41, 5.74) is 0.928. The highest BCUT2D eigenvalue weighted by Gasteiger charge is 2.27. The van der Waals surface area contributed by atoms with Crippen LogP contribution in [0.3, 0.4) is 0 Å². The first-order valence-electron chi connectivity index (χ1n) is 9.33. The van der Waals surface area contributed by atoms with E-state index in [4.69, 9.17) is 4.52 Å². The summed E-state index contributed by atoms with van der Waals surface area (Å²) >= 11 is 0. The number of rotatable bonds is 7. The van der Waals surface area contributed by atoms with Gasteiger partial charge in [0.15, 0.2) is 11.7 Å². The van der Waals surface area contributed by atoms with Crippen molar-refractivity contribution in [1.82, 2.24) is 20.1 Å². The minimum Gasteiger partial charge on any atom is -0.359 e. The fourth-order valence-electron chi connectivity index (χ4n) is 2.81. The van der Waals surface area contributed by atoms with E-state index >= 15 is 0 Å². The monoisotopic (exact) mass is 513 g/mol. The maximum atomic E-state index is 11.9. The number of guanidine groups is 1. The lowest BCUT2D eigenvalue weighted by atomic mass is 10.1. The lowest BCUT2D eigenvalue weighted by Gasteiger charge is -2.32. The van der Waals surface area contributed by atoms with Crippen LogP contribution in [0.2, 0.25) is 0 Å². The van der Waals surface area contributed by atoms with Crippen LogP contribution >= 0.6 is 24.0 Å². The van der Waals surface area contributed by atoms with Crippen molar-refractivity contribution in [2.45, 2.75) is 59.0 Å². The Bertz CT molecular complexity index is 697. The molecule has 0 bridgehead atoms. The quantitative estimate of drug-likeness (QED) is 0.330. The van der Waals surface area contributed by atoms with E-state index in [1.807, 2.05) is 13.0 Å². The molecular formula is C17H32IN5O3S. The largest absolute Gasteiger partial charge is 0.359 e. The predicted octanol–water partition coefficient (Wildman–Crippen LogP) is 2.29. The molecule has 1 saturated heterocycles. The van der Waals surface area contributed by atoms with E-state index in [1.54, 1.807) is 11.2 Å². The van der Waals surface area contributed by atoms with Crippen LogP contribution in [0, 0.1) is 0 Å². The Morgan fingerprint density at radius 2 is 2.04 bits per heavy atom. The molecule has 2 rings (SSSR count). The lowest BCUT2D eigenvalue weighted by molar-refractivity contribution is 0.306. The van der Waals surface area contributed by atoms with E-state index in [1.165, 1.54) is 0 Å². The zero-order valence-corrected chi connectivity index (χ0v) is 19.7. The van der Waals surface area contributed by atoms with Gasteiger partial charge in [-0.15, -0.1) is 24.0 Å². The van der Waals surface area contributed by atoms with Gasteiger partial charge < -0.3 is 15.2 Å². The van der Waals surface area contributed by atoms with Crippen molar-refractivity contribution in [2.24, 2.45) is 4.99 Å². The molecule has 2 N–H and O–H groups in total. The number of aliphatic imine (C=N–C) groups is 1. The molecule has 8 nitrogen and oxygen atoms in total. The van der Waals surface area contributed by atoms with Gasteiger partial charge in [-0.25, -0.2) is 17.7 Å². The number of nitrogens with one attached hydrogen (secondary N) is 2. The number of nitrogens with zero attached hydrogens (tertiary/aromatic N) is 3. The SMILES string of the molecule is CCNC(=NCc1cc(C(C)C)no1)NC1CCN(S(=O)(=O)CC)CC1.I. The molecule has 27 heavy (non-hydrogen) atoms. The average Bonchev–Trinajstić information content (AvgIpc) is 3.10. The van der Waals surface area contributed by atoms with Crippen molar-refractivity contribution in [3.63, 3.8) is 0 Å². The number of aromatic nitrogens is 1. The Morgan fingerprint density at radius 1 is 1.37 bits per heavy atom. The summed E-state index contributed by atoms with van der Waals surface area (Å²) in [7, 11) is -3.09. The molecule has 0 amide bonds. The van der Waals surface area contributed by atoms with Crippen LogP contribution in [0.25, 0.3) is 0 Å². The van der Waals surface area contributed by atoms with Crippen LogP contribution in [0.15, 0.2) is 15.6 Å². The number of sulfonamides is 1. The van der Waals surface area contributed by atoms with Gasteiger partial charge in [-0.05, 0) is 32.6 Å². The average molecular weight is 513 g/mol. The van der Waals surface area contributed by atoms with Gasteiger partial charge in [0.25, 0.3) is 0 Å². The highest BCUT2D eigenvalue weighted by molar-refractivity contribution is 14.0. The summed E-state index contributed by atoms with van der Waals surface area (Å²) in [5, 5.41) is 10.7. The Hall–Kier alpha value is -0.880. The zero-order chi connectivity index (χ0) is 19.2. The number of halogens is 1. The molecule has 1 fully saturated rings. The number of piperidine rings is 1. The fourth-order valence-corrected chi connectivity index (χ4v) is 3.94. The van der Waals surface area contributed by atoms with Gasteiger partial charge in [0.05, 0.1) is 11.4 Å². The van der Waals surface area contributed by atoms with Crippen molar-refractivity contribution in [3.05, 3.63) is 17.5 Å². The van der Waals surface area contributed by atoms with Crippen molar-refractivity contribution in [2.75, 3.05) is 25.4 Å². The van der Waals surface area contributed by atoms with Crippen LogP contribution in [0.5, 0.6) is 0 Å². The summed E-state index contributed by atoms with van der Waals surface area (Å²) in [5.74, 6) is 1.93. The predicted molar refractivity (Wildman–Crippen MR) is 118 cm³/mol. The van der Waals surface area contributed by atoms with Crippen molar-refractivity contribution in [3.8, 4) is 0 Å². The van der Waals surface area contributed by atoms with E-state index < -0.39 is 10.0 Å². The Labute approximate surface area is 179 Å². The first-order valence-corrected chi connectivity index (χ1v) is 10.9. The summed E-state index contributed by atoms with van der Waals surface area (Å²) < 4.78 is 30.8. The molecule has 0 aromatic carbocycles. The highest BCUT2D eigenvalue weighted by atomic mass is 127.